The van der Waals surface area contributed by atoms with Gasteiger partial charge in [-0.15, -0.1) is 0 Å². The van der Waals surface area contributed by atoms with Crippen LogP contribution in [-0.2, 0) is 5.79 Å². The number of aliphatic hydroxyl groups excluding tert-OH is 1. The van der Waals surface area contributed by atoms with Crippen LogP contribution in [0.25, 0.3) is 5.76 Å². The summed E-state index contributed by atoms with van der Waals surface area (Å²) in [4.78, 5) is 0. The van der Waals surface area contributed by atoms with Gasteiger partial charge in [-0.05, 0) is 6.08 Å². The van der Waals surface area contributed by atoms with E-state index in [1.54, 1.807) is 24.3 Å². The van der Waals surface area contributed by atoms with Crippen molar-refractivity contribution in [3.63, 3.8) is 0 Å². The maximum Gasteiger partial charge on any atom is 0.194 e. The van der Waals surface area contributed by atoms with Gasteiger partial charge in [-0.3, -0.25) is 0 Å². The lowest BCUT2D eigenvalue weighted by molar-refractivity contribution is -0.167. The average Bonchev–Trinajstić information content (AvgIpc) is 2.13. The first-order chi connectivity index (χ1) is 6.11. The molecule has 0 aliphatic heterocycles. The molecular weight excluding hydrogens is 168 g/mol. The van der Waals surface area contributed by atoms with E-state index in [0.29, 0.717) is 11.1 Å². The molecule has 1 aliphatic carbocycles. The summed E-state index contributed by atoms with van der Waals surface area (Å²) in [5.74, 6) is -1.74. The number of rotatable bonds is 0. The highest BCUT2D eigenvalue weighted by Crippen LogP contribution is 2.33. The molecule has 0 aromatic heterocycles. The van der Waals surface area contributed by atoms with Gasteiger partial charge in [0.2, 0.25) is 0 Å². The monoisotopic (exact) mass is 178 g/mol. The summed E-state index contributed by atoms with van der Waals surface area (Å²) in [6.07, 6.45) is 1.43. The molecule has 0 bridgehead atoms. The molecule has 0 amide bonds. The Labute approximate surface area is 75.6 Å². The van der Waals surface area contributed by atoms with E-state index in [0.717, 1.165) is 0 Å². The smallest absolute Gasteiger partial charge is 0.194 e. The van der Waals surface area contributed by atoms with E-state index in [-0.39, 0.29) is 12.2 Å². The number of hydrogen-bond donors (Lipinski definition) is 3. The molecule has 2 rings (SSSR count). The van der Waals surface area contributed by atoms with E-state index in [4.69, 9.17) is 0 Å². The van der Waals surface area contributed by atoms with Crippen molar-refractivity contribution in [2.75, 3.05) is 0 Å². The van der Waals surface area contributed by atoms with Gasteiger partial charge < -0.3 is 15.3 Å². The van der Waals surface area contributed by atoms with Crippen molar-refractivity contribution in [1.29, 1.82) is 0 Å². The van der Waals surface area contributed by atoms with Crippen molar-refractivity contribution >= 4 is 5.76 Å². The van der Waals surface area contributed by atoms with Crippen LogP contribution >= 0.6 is 0 Å². The first-order valence-electron chi connectivity index (χ1n) is 4.05. The molecule has 3 N–H and O–H groups in total. The molecule has 0 heterocycles. The van der Waals surface area contributed by atoms with Gasteiger partial charge in [-0.1, -0.05) is 24.3 Å². The lowest BCUT2D eigenvalue weighted by atomic mass is 9.91. The normalized spacial score (nSPS) is 19.1. The second-order valence-corrected chi connectivity index (χ2v) is 3.16. The number of hydrogen-bond acceptors (Lipinski definition) is 3. The molecule has 1 aliphatic rings. The third-order valence-corrected chi connectivity index (χ3v) is 2.21. The molecule has 68 valence electrons. The van der Waals surface area contributed by atoms with Crippen LogP contribution in [0.3, 0.4) is 0 Å². The Morgan fingerprint density at radius 3 is 2.54 bits per heavy atom. The van der Waals surface area contributed by atoms with Gasteiger partial charge >= 0.3 is 0 Å². The predicted molar refractivity (Wildman–Crippen MR) is 47.8 cm³/mol. The SMILES string of the molecule is OC1=CCC(O)(O)c2ccccc21. The molecule has 1 aromatic carbocycles. The topological polar surface area (TPSA) is 60.7 Å². The first kappa shape index (κ1) is 8.29. The molecule has 0 saturated carbocycles. The van der Waals surface area contributed by atoms with E-state index >= 15 is 0 Å². The zero-order chi connectivity index (χ0) is 9.47. The minimum atomic E-state index is -1.84. The first-order valence-corrected chi connectivity index (χ1v) is 4.05. The van der Waals surface area contributed by atoms with Crippen LogP contribution in [0.1, 0.15) is 17.5 Å². The molecule has 0 atom stereocenters. The van der Waals surface area contributed by atoms with Crippen molar-refractivity contribution in [3.8, 4) is 0 Å². The molecule has 3 heteroatoms. The highest BCUT2D eigenvalue weighted by Gasteiger charge is 2.31. The molecule has 0 radical (unpaired) electrons. The van der Waals surface area contributed by atoms with Crippen LogP contribution < -0.4 is 0 Å². The van der Waals surface area contributed by atoms with Crippen LogP contribution in [0, 0.1) is 0 Å². The zero-order valence-electron chi connectivity index (χ0n) is 6.94. The zero-order valence-corrected chi connectivity index (χ0v) is 6.94. The van der Waals surface area contributed by atoms with Gasteiger partial charge in [-0.2, -0.15) is 0 Å². The molecule has 1 aromatic rings. The van der Waals surface area contributed by atoms with Gasteiger partial charge in [0, 0.05) is 17.5 Å². The summed E-state index contributed by atoms with van der Waals surface area (Å²) in [6, 6.07) is 6.70. The lowest BCUT2D eigenvalue weighted by Gasteiger charge is -2.26. The van der Waals surface area contributed by atoms with Crippen LogP contribution in [0.4, 0.5) is 0 Å². The second-order valence-electron chi connectivity index (χ2n) is 3.16. The second kappa shape index (κ2) is 2.58. The Hall–Kier alpha value is -1.32. The van der Waals surface area contributed by atoms with E-state index in [1.165, 1.54) is 6.08 Å². The Kier molecular flexibility index (Phi) is 1.65. The fourth-order valence-corrected chi connectivity index (χ4v) is 1.51. The van der Waals surface area contributed by atoms with Crippen molar-refractivity contribution in [3.05, 3.63) is 41.5 Å². The highest BCUT2D eigenvalue weighted by atomic mass is 16.5. The minimum Gasteiger partial charge on any atom is -0.508 e. The summed E-state index contributed by atoms with van der Waals surface area (Å²) < 4.78 is 0. The Bertz CT molecular complexity index is 366. The molecule has 0 unspecified atom stereocenters. The summed E-state index contributed by atoms with van der Waals surface area (Å²) >= 11 is 0. The Morgan fingerprint density at radius 2 is 1.85 bits per heavy atom. The largest absolute Gasteiger partial charge is 0.508 e. The fourth-order valence-electron chi connectivity index (χ4n) is 1.51. The van der Waals surface area contributed by atoms with Crippen LogP contribution in [0.15, 0.2) is 30.3 Å². The fraction of sp³-hybridized carbons (Fsp3) is 0.200. The highest BCUT2D eigenvalue weighted by molar-refractivity contribution is 5.65. The van der Waals surface area contributed by atoms with Gasteiger partial charge in [0.15, 0.2) is 5.79 Å². The van der Waals surface area contributed by atoms with Crippen molar-refractivity contribution < 1.29 is 15.3 Å². The van der Waals surface area contributed by atoms with E-state index < -0.39 is 5.79 Å². The number of fused-ring (bicyclic) bond motifs is 1. The molecule has 0 fully saturated rings. The summed E-state index contributed by atoms with van der Waals surface area (Å²) in [5, 5.41) is 28.5. The molecule has 0 saturated heterocycles. The third kappa shape index (κ3) is 1.22. The third-order valence-electron chi connectivity index (χ3n) is 2.21. The van der Waals surface area contributed by atoms with Crippen molar-refractivity contribution in [2.45, 2.75) is 12.2 Å². The van der Waals surface area contributed by atoms with Gasteiger partial charge in [0.05, 0.1) is 0 Å². The van der Waals surface area contributed by atoms with Crippen LogP contribution in [0.2, 0.25) is 0 Å². The summed E-state index contributed by atoms with van der Waals surface area (Å²) in [6.45, 7) is 0. The van der Waals surface area contributed by atoms with Crippen LogP contribution in [-0.4, -0.2) is 15.3 Å². The van der Waals surface area contributed by atoms with Crippen LogP contribution in [0.5, 0.6) is 0 Å². The standard InChI is InChI=1S/C10H10O3/c11-9-5-6-10(12,13)8-4-2-1-3-7(8)9/h1-5,11-13H,6H2. The summed E-state index contributed by atoms with van der Waals surface area (Å²) in [5.41, 5.74) is 0.841. The van der Waals surface area contributed by atoms with Gasteiger partial charge in [-0.25, -0.2) is 0 Å². The van der Waals surface area contributed by atoms with E-state index in [9.17, 15) is 15.3 Å². The van der Waals surface area contributed by atoms with Gasteiger partial charge in [0.25, 0.3) is 0 Å². The minimum absolute atomic E-state index is 0.0237. The molecule has 13 heavy (non-hydrogen) atoms. The molecular formula is C10H10O3. The summed E-state index contributed by atoms with van der Waals surface area (Å²) in [7, 11) is 0. The van der Waals surface area contributed by atoms with Crippen molar-refractivity contribution in [1.82, 2.24) is 0 Å². The average molecular weight is 178 g/mol. The number of aliphatic hydroxyl groups is 3. The molecule has 3 nitrogen and oxygen atoms in total. The number of benzene rings is 1. The maximum atomic E-state index is 9.54. The quantitative estimate of drug-likeness (QED) is 0.522. The maximum absolute atomic E-state index is 9.54. The van der Waals surface area contributed by atoms with E-state index in [2.05, 4.69) is 0 Å². The molecule has 0 spiro atoms. The Balaban J connectivity index is 2.64. The van der Waals surface area contributed by atoms with E-state index in [1.807, 2.05) is 0 Å². The lowest BCUT2D eigenvalue weighted by Crippen LogP contribution is -2.28. The Morgan fingerprint density at radius 1 is 1.15 bits per heavy atom. The van der Waals surface area contributed by atoms with Gasteiger partial charge in [0.1, 0.15) is 5.76 Å². The van der Waals surface area contributed by atoms with Crippen molar-refractivity contribution in [2.24, 2.45) is 0 Å². The predicted octanol–water partition coefficient (Wildman–Crippen LogP) is 1.13.